The van der Waals surface area contributed by atoms with Gasteiger partial charge in [0.1, 0.15) is 17.3 Å². The maximum Gasteiger partial charge on any atom is 0.314 e. The number of aromatic nitrogens is 2. The molecular weight excluding hydrogens is 390 g/mol. The van der Waals surface area contributed by atoms with Gasteiger partial charge in [0.05, 0.1) is 11.1 Å². The van der Waals surface area contributed by atoms with Crippen LogP contribution in [-0.2, 0) is 26.7 Å². The van der Waals surface area contributed by atoms with E-state index >= 15 is 0 Å². The van der Waals surface area contributed by atoms with Crippen molar-refractivity contribution in [1.29, 1.82) is 5.26 Å². The Morgan fingerprint density at radius 1 is 1.06 bits per heavy atom. The van der Waals surface area contributed by atoms with Crippen LogP contribution in [0.5, 0.6) is 0 Å². The molecule has 0 saturated carbocycles. The Balaban J connectivity index is 2.54. The van der Waals surface area contributed by atoms with Crippen LogP contribution in [0.2, 0.25) is 0 Å². The van der Waals surface area contributed by atoms with Crippen molar-refractivity contribution in [2.45, 2.75) is 60.8 Å². The highest BCUT2D eigenvalue weighted by Crippen LogP contribution is 2.32. The second kappa shape index (κ2) is 8.97. The smallest absolute Gasteiger partial charge is 0.314 e. The largest absolute Gasteiger partial charge is 0.454 e. The summed E-state index contributed by atoms with van der Waals surface area (Å²) >= 11 is 0. The average Bonchev–Trinajstić information content (AvgIpc) is 2.91. The molecule has 6 nitrogen and oxygen atoms in total. The topological polar surface area (TPSA) is 77.1 Å². The van der Waals surface area contributed by atoms with Gasteiger partial charge in [-0.3, -0.25) is 9.48 Å². The quantitative estimate of drug-likeness (QED) is 0.283. The number of allylic oxidation sites excluding steroid dienone is 1. The third kappa shape index (κ3) is 5.55. The van der Waals surface area contributed by atoms with E-state index in [1.54, 1.807) is 32.5 Å². The van der Waals surface area contributed by atoms with Crippen LogP contribution in [0.15, 0.2) is 24.3 Å². The Bertz CT molecular complexity index is 1020. The minimum absolute atomic E-state index is 0.00523. The molecule has 0 unspecified atom stereocenters. The summed E-state index contributed by atoms with van der Waals surface area (Å²) in [6, 6.07) is 10.2. The third-order valence-corrected chi connectivity index (χ3v) is 5.12. The number of nitrogens with zero attached hydrogens (tertiary/aromatic N) is 3. The molecule has 0 aliphatic rings. The minimum Gasteiger partial charge on any atom is -0.454 e. The Hall–Kier alpha value is -3.07. The second-order valence-electron chi connectivity index (χ2n) is 9.77. The summed E-state index contributed by atoms with van der Waals surface area (Å²) in [4.78, 5) is 12.2. The number of ether oxygens (including phenoxy) is 2. The van der Waals surface area contributed by atoms with Crippen LogP contribution in [-0.4, -0.2) is 22.5 Å². The molecule has 0 N–H and O–H groups in total. The predicted molar refractivity (Wildman–Crippen MR) is 122 cm³/mol. The van der Waals surface area contributed by atoms with Gasteiger partial charge in [-0.1, -0.05) is 45.0 Å². The zero-order valence-corrected chi connectivity index (χ0v) is 20.1. The maximum absolute atomic E-state index is 12.2. The summed E-state index contributed by atoms with van der Waals surface area (Å²) < 4.78 is 12.9. The number of carbonyl (C=O) groups excluding carboxylic acids is 1. The van der Waals surface area contributed by atoms with E-state index in [4.69, 9.17) is 9.47 Å². The molecule has 0 fully saturated rings. The van der Waals surface area contributed by atoms with Gasteiger partial charge in [0.2, 0.25) is 6.79 Å². The first-order chi connectivity index (χ1) is 14.3. The molecule has 0 aliphatic heterocycles. The molecule has 2 rings (SSSR count). The lowest BCUT2D eigenvalue weighted by Crippen LogP contribution is -2.24. The summed E-state index contributed by atoms with van der Waals surface area (Å²) in [7, 11) is 1.80. The molecule has 0 saturated heterocycles. The number of nitriles is 1. The lowest BCUT2D eigenvalue weighted by atomic mass is 9.86. The average molecular weight is 424 g/mol. The van der Waals surface area contributed by atoms with Gasteiger partial charge < -0.3 is 9.47 Å². The first kappa shape index (κ1) is 24.2. The number of rotatable bonds is 5. The van der Waals surface area contributed by atoms with Crippen molar-refractivity contribution in [3.63, 3.8) is 0 Å². The molecule has 0 aliphatic carbocycles. The zero-order valence-electron chi connectivity index (χ0n) is 20.1. The molecule has 1 heterocycles. The van der Waals surface area contributed by atoms with Crippen molar-refractivity contribution in [1.82, 2.24) is 9.78 Å². The number of hydrogen-bond acceptors (Lipinski definition) is 5. The van der Waals surface area contributed by atoms with Crippen LogP contribution in [0.25, 0.3) is 11.3 Å². The first-order valence-electron chi connectivity index (χ1n) is 10.3. The molecule has 0 amide bonds. The minimum atomic E-state index is -0.646. The molecule has 2 aromatic rings. The van der Waals surface area contributed by atoms with E-state index in [-0.39, 0.29) is 18.2 Å². The number of carbonyl (C=O) groups is 1. The van der Waals surface area contributed by atoms with Crippen molar-refractivity contribution >= 4 is 17.3 Å². The number of esters is 1. The van der Waals surface area contributed by atoms with E-state index in [2.05, 4.69) is 31.9 Å². The Kier molecular flexibility index (Phi) is 7.00. The Morgan fingerprint density at radius 2 is 1.65 bits per heavy atom. The van der Waals surface area contributed by atoms with Crippen molar-refractivity contribution < 1.29 is 14.3 Å². The second-order valence-corrected chi connectivity index (χ2v) is 9.77. The van der Waals surface area contributed by atoms with Crippen molar-refractivity contribution in [3.8, 4) is 6.07 Å². The highest BCUT2D eigenvalue weighted by molar-refractivity contribution is 5.94. The Labute approximate surface area is 185 Å². The molecule has 0 spiro atoms. The van der Waals surface area contributed by atoms with E-state index in [0.29, 0.717) is 17.0 Å². The monoisotopic (exact) mass is 423 g/mol. The van der Waals surface area contributed by atoms with Crippen LogP contribution < -0.4 is 0 Å². The normalized spacial score (nSPS) is 12.8. The highest BCUT2D eigenvalue weighted by atomic mass is 16.7. The van der Waals surface area contributed by atoms with Gasteiger partial charge in [-0.2, -0.15) is 10.4 Å². The molecule has 1 aromatic heterocycles. The van der Waals surface area contributed by atoms with Gasteiger partial charge in [0, 0.05) is 12.6 Å². The van der Waals surface area contributed by atoms with Crippen LogP contribution in [0.1, 0.15) is 69.6 Å². The van der Waals surface area contributed by atoms with E-state index in [1.165, 1.54) is 5.56 Å². The summed E-state index contributed by atoms with van der Waals surface area (Å²) in [6.45, 7) is 15.3. The molecular formula is C25H33N3O3. The van der Waals surface area contributed by atoms with E-state index in [1.807, 2.05) is 38.1 Å². The molecule has 0 radical (unpaired) electrons. The number of hydrogen-bond donors (Lipinski definition) is 0. The van der Waals surface area contributed by atoms with Crippen LogP contribution >= 0.6 is 0 Å². The number of aryl methyl sites for hydroxylation is 2. The SMILES string of the molecule is Cc1nn(C)c(/C(OCOC(=O)C(C)(C)C)=C(\C#N)c2ccc(C(C)(C)C)cc2)c1C. The van der Waals surface area contributed by atoms with Gasteiger partial charge in [-0.15, -0.1) is 0 Å². The predicted octanol–water partition coefficient (Wildman–Crippen LogP) is 5.29. The lowest BCUT2D eigenvalue weighted by molar-refractivity contribution is -0.161. The summed E-state index contributed by atoms with van der Waals surface area (Å²) in [5.74, 6) is -0.0360. The molecule has 0 atom stereocenters. The number of benzene rings is 1. The first-order valence-corrected chi connectivity index (χ1v) is 10.3. The summed E-state index contributed by atoms with van der Waals surface area (Å²) in [6.07, 6.45) is 0. The van der Waals surface area contributed by atoms with Gasteiger partial charge in [-0.05, 0) is 51.2 Å². The highest BCUT2D eigenvalue weighted by Gasteiger charge is 2.25. The van der Waals surface area contributed by atoms with Gasteiger partial charge in [0.15, 0.2) is 5.76 Å². The van der Waals surface area contributed by atoms with Crippen LogP contribution in [0.3, 0.4) is 0 Å². The molecule has 1 aromatic carbocycles. The molecule has 31 heavy (non-hydrogen) atoms. The fourth-order valence-electron chi connectivity index (χ4n) is 3.08. The van der Waals surface area contributed by atoms with Crippen molar-refractivity contribution in [2.75, 3.05) is 6.79 Å². The fraction of sp³-hybridized carbons (Fsp3) is 0.480. The molecule has 6 heteroatoms. The lowest BCUT2D eigenvalue weighted by Gasteiger charge is -2.20. The van der Waals surface area contributed by atoms with E-state index in [0.717, 1.165) is 16.8 Å². The third-order valence-electron chi connectivity index (χ3n) is 5.12. The summed E-state index contributed by atoms with van der Waals surface area (Å²) in [5.41, 5.74) is 4.04. The van der Waals surface area contributed by atoms with E-state index in [9.17, 15) is 10.1 Å². The van der Waals surface area contributed by atoms with E-state index < -0.39 is 5.41 Å². The van der Waals surface area contributed by atoms with Gasteiger partial charge in [0.25, 0.3) is 0 Å². The van der Waals surface area contributed by atoms with Crippen LogP contribution in [0.4, 0.5) is 0 Å². The van der Waals surface area contributed by atoms with Gasteiger partial charge >= 0.3 is 5.97 Å². The molecule has 0 bridgehead atoms. The van der Waals surface area contributed by atoms with Crippen molar-refractivity contribution in [2.24, 2.45) is 12.5 Å². The standard InChI is InChI=1S/C25H33N3O3/c1-16-17(2)27-28(9)21(16)22(30-15-31-23(29)25(6,7)8)20(14-26)18-10-12-19(13-11-18)24(3,4)5/h10-13H,15H2,1-9H3/b22-20-. The molecule has 166 valence electrons. The fourth-order valence-corrected chi connectivity index (χ4v) is 3.08. The zero-order chi connectivity index (χ0) is 23.6. The summed E-state index contributed by atoms with van der Waals surface area (Å²) in [5, 5.41) is 14.5. The van der Waals surface area contributed by atoms with Crippen molar-refractivity contribution in [3.05, 3.63) is 52.3 Å². The maximum atomic E-state index is 12.2. The van der Waals surface area contributed by atoms with Gasteiger partial charge in [-0.25, -0.2) is 0 Å². The van der Waals surface area contributed by atoms with Crippen LogP contribution in [0, 0.1) is 30.6 Å². The Morgan fingerprint density at radius 3 is 2.06 bits per heavy atom.